The number of carbonyl (C=O) groups excluding carboxylic acids is 1. The zero-order valence-electron chi connectivity index (χ0n) is 12.5. The van der Waals surface area contributed by atoms with E-state index in [1.165, 1.54) is 30.0 Å². The van der Waals surface area contributed by atoms with Crippen molar-refractivity contribution in [1.82, 2.24) is 9.62 Å². The van der Waals surface area contributed by atoms with E-state index in [2.05, 4.69) is 5.32 Å². The van der Waals surface area contributed by atoms with Crippen LogP contribution in [0.2, 0.25) is 0 Å². The van der Waals surface area contributed by atoms with Gasteiger partial charge in [-0.2, -0.15) is 4.31 Å². The first-order valence-electron chi connectivity index (χ1n) is 6.96. The van der Waals surface area contributed by atoms with E-state index < -0.39 is 21.9 Å². The van der Waals surface area contributed by atoms with Gasteiger partial charge in [0.15, 0.2) is 0 Å². The van der Waals surface area contributed by atoms with Gasteiger partial charge in [-0.3, -0.25) is 4.79 Å². The lowest BCUT2D eigenvalue weighted by Gasteiger charge is -2.23. The Balaban J connectivity index is 2.23. The maximum atomic E-state index is 13.8. The van der Waals surface area contributed by atoms with Gasteiger partial charge in [0.2, 0.25) is 15.9 Å². The molecule has 2 rings (SSSR count). The molecule has 0 saturated carbocycles. The standard InChI is InChI=1S/C14H19FN2O3S2/c1-10(2)7-16-14(18)12-8-21-9-17(12)22(19,20)13-6-4-3-5-11(13)15/h3-6,10,12H,7-9H2,1-2H3,(H,16,18)/t12-/m1/s1. The Labute approximate surface area is 134 Å². The molecular formula is C14H19FN2O3S2. The van der Waals surface area contributed by atoms with Crippen molar-refractivity contribution >= 4 is 27.7 Å². The summed E-state index contributed by atoms with van der Waals surface area (Å²) in [5.41, 5.74) is 0. The number of halogens is 1. The number of sulfonamides is 1. The summed E-state index contributed by atoms with van der Waals surface area (Å²) in [6.07, 6.45) is 0. The number of hydrogen-bond acceptors (Lipinski definition) is 4. The molecule has 5 nitrogen and oxygen atoms in total. The molecule has 1 fully saturated rings. The third-order valence-corrected chi connectivity index (χ3v) is 6.32. The highest BCUT2D eigenvalue weighted by Gasteiger charge is 2.40. The minimum atomic E-state index is -4.03. The Kier molecular flexibility index (Phi) is 5.46. The van der Waals surface area contributed by atoms with Crippen LogP contribution in [0.1, 0.15) is 13.8 Å². The van der Waals surface area contributed by atoms with Crippen molar-refractivity contribution in [3.63, 3.8) is 0 Å². The van der Waals surface area contributed by atoms with Crippen LogP contribution in [0.3, 0.4) is 0 Å². The highest BCUT2D eigenvalue weighted by atomic mass is 32.2. The topological polar surface area (TPSA) is 66.5 Å². The third kappa shape index (κ3) is 3.61. The van der Waals surface area contributed by atoms with E-state index in [0.29, 0.717) is 12.3 Å². The highest BCUT2D eigenvalue weighted by molar-refractivity contribution is 8.00. The molecule has 1 saturated heterocycles. The van der Waals surface area contributed by atoms with Crippen molar-refractivity contribution in [2.24, 2.45) is 5.92 Å². The summed E-state index contributed by atoms with van der Waals surface area (Å²) >= 11 is 1.34. The minimum absolute atomic E-state index is 0.149. The lowest BCUT2D eigenvalue weighted by molar-refractivity contribution is -0.123. The van der Waals surface area contributed by atoms with Gasteiger partial charge in [-0.15, -0.1) is 11.8 Å². The summed E-state index contributed by atoms with van der Waals surface area (Å²) in [6.45, 7) is 4.39. The van der Waals surface area contributed by atoms with Gasteiger partial charge in [0, 0.05) is 12.3 Å². The van der Waals surface area contributed by atoms with Gasteiger partial charge in [-0.1, -0.05) is 26.0 Å². The van der Waals surface area contributed by atoms with Gasteiger partial charge in [0.1, 0.15) is 16.8 Å². The monoisotopic (exact) mass is 346 g/mol. The van der Waals surface area contributed by atoms with Gasteiger partial charge < -0.3 is 5.32 Å². The van der Waals surface area contributed by atoms with E-state index in [0.717, 1.165) is 10.4 Å². The van der Waals surface area contributed by atoms with Crippen LogP contribution in [-0.4, -0.2) is 42.8 Å². The smallest absolute Gasteiger partial charge is 0.247 e. The van der Waals surface area contributed by atoms with E-state index in [1.54, 1.807) is 0 Å². The fourth-order valence-corrected chi connectivity index (χ4v) is 5.29. The van der Waals surface area contributed by atoms with Crippen LogP contribution in [0.15, 0.2) is 29.2 Å². The molecule has 1 aliphatic heterocycles. The molecule has 1 aromatic carbocycles. The number of hydrogen-bond donors (Lipinski definition) is 1. The van der Waals surface area contributed by atoms with Crippen molar-refractivity contribution in [1.29, 1.82) is 0 Å². The maximum absolute atomic E-state index is 13.8. The number of amides is 1. The number of rotatable bonds is 5. The second-order valence-corrected chi connectivity index (χ2v) is 8.34. The van der Waals surface area contributed by atoms with E-state index >= 15 is 0 Å². The van der Waals surface area contributed by atoms with Gasteiger partial charge in [-0.25, -0.2) is 12.8 Å². The Morgan fingerprint density at radius 1 is 1.45 bits per heavy atom. The molecule has 1 aromatic rings. The highest BCUT2D eigenvalue weighted by Crippen LogP contribution is 2.29. The molecule has 0 radical (unpaired) electrons. The first kappa shape index (κ1) is 17.2. The van der Waals surface area contributed by atoms with Gasteiger partial charge in [0.05, 0.1) is 5.88 Å². The summed E-state index contributed by atoms with van der Waals surface area (Å²) in [5.74, 6) is -0.345. The van der Waals surface area contributed by atoms with Crippen molar-refractivity contribution < 1.29 is 17.6 Å². The molecule has 8 heteroatoms. The predicted molar refractivity (Wildman–Crippen MR) is 84.4 cm³/mol. The SMILES string of the molecule is CC(C)CNC(=O)[C@H]1CSCN1S(=O)(=O)c1ccccc1F. The molecule has 1 aliphatic rings. The molecule has 22 heavy (non-hydrogen) atoms. The summed E-state index contributed by atoms with van der Waals surface area (Å²) < 4.78 is 40.1. The van der Waals surface area contributed by atoms with Crippen LogP contribution in [-0.2, 0) is 14.8 Å². The van der Waals surface area contributed by atoms with E-state index in [9.17, 15) is 17.6 Å². The number of nitrogens with zero attached hydrogens (tertiary/aromatic N) is 1. The fourth-order valence-electron chi connectivity index (χ4n) is 2.07. The van der Waals surface area contributed by atoms with Crippen LogP contribution in [0.5, 0.6) is 0 Å². The van der Waals surface area contributed by atoms with Gasteiger partial charge in [-0.05, 0) is 18.1 Å². The van der Waals surface area contributed by atoms with Crippen LogP contribution in [0, 0.1) is 11.7 Å². The molecule has 1 N–H and O–H groups in total. The zero-order chi connectivity index (χ0) is 16.3. The second-order valence-electron chi connectivity index (χ2n) is 5.48. The Hall–Kier alpha value is -1.12. The second kappa shape index (κ2) is 6.97. The quantitative estimate of drug-likeness (QED) is 0.881. The first-order valence-corrected chi connectivity index (χ1v) is 9.55. The van der Waals surface area contributed by atoms with Crippen LogP contribution in [0.25, 0.3) is 0 Å². The zero-order valence-corrected chi connectivity index (χ0v) is 14.1. The molecule has 0 unspecified atom stereocenters. The predicted octanol–water partition coefficient (Wildman–Crippen LogP) is 1.66. The first-order chi connectivity index (χ1) is 10.3. The summed E-state index contributed by atoms with van der Waals surface area (Å²) in [6, 6.07) is 4.42. The number of carbonyl (C=O) groups is 1. The third-order valence-electron chi connectivity index (χ3n) is 3.25. The fraction of sp³-hybridized carbons (Fsp3) is 0.500. The Morgan fingerprint density at radius 2 is 2.14 bits per heavy atom. The van der Waals surface area contributed by atoms with Crippen LogP contribution in [0.4, 0.5) is 4.39 Å². The molecule has 1 heterocycles. The molecule has 0 aliphatic carbocycles. The molecule has 0 spiro atoms. The summed E-state index contributed by atoms with van der Waals surface area (Å²) in [5, 5.41) is 2.74. The summed E-state index contributed by atoms with van der Waals surface area (Å²) in [7, 11) is -4.03. The van der Waals surface area contributed by atoms with Crippen LogP contribution < -0.4 is 5.32 Å². The van der Waals surface area contributed by atoms with E-state index in [4.69, 9.17) is 0 Å². The lowest BCUT2D eigenvalue weighted by atomic mass is 10.2. The Bertz CT molecular complexity index is 649. The van der Waals surface area contributed by atoms with Crippen molar-refractivity contribution in [3.8, 4) is 0 Å². The van der Waals surface area contributed by atoms with Crippen molar-refractivity contribution in [2.75, 3.05) is 18.2 Å². The molecule has 1 amide bonds. The maximum Gasteiger partial charge on any atom is 0.247 e. The van der Waals surface area contributed by atoms with Crippen molar-refractivity contribution in [3.05, 3.63) is 30.1 Å². The molecule has 122 valence electrons. The number of nitrogens with one attached hydrogen (secondary N) is 1. The Morgan fingerprint density at radius 3 is 2.77 bits per heavy atom. The van der Waals surface area contributed by atoms with E-state index in [1.807, 2.05) is 13.8 Å². The lowest BCUT2D eigenvalue weighted by Crippen LogP contribution is -2.48. The largest absolute Gasteiger partial charge is 0.354 e. The average Bonchev–Trinajstić information content (AvgIpc) is 2.95. The van der Waals surface area contributed by atoms with Crippen molar-refractivity contribution in [2.45, 2.75) is 24.8 Å². The number of thioether (sulfide) groups is 1. The normalized spacial score (nSPS) is 19.5. The molecule has 0 bridgehead atoms. The average molecular weight is 346 g/mol. The van der Waals surface area contributed by atoms with Gasteiger partial charge in [0.25, 0.3) is 0 Å². The van der Waals surface area contributed by atoms with Crippen LogP contribution >= 0.6 is 11.8 Å². The minimum Gasteiger partial charge on any atom is -0.354 e. The number of benzene rings is 1. The summed E-state index contributed by atoms with van der Waals surface area (Å²) in [4.78, 5) is 11.8. The molecule has 0 aromatic heterocycles. The molecular weight excluding hydrogens is 327 g/mol. The van der Waals surface area contributed by atoms with E-state index in [-0.39, 0.29) is 22.6 Å². The van der Waals surface area contributed by atoms with Gasteiger partial charge >= 0.3 is 0 Å². The molecule has 1 atom stereocenters.